The van der Waals surface area contributed by atoms with E-state index < -0.39 is 11.7 Å². The third-order valence-corrected chi connectivity index (χ3v) is 4.33. The predicted octanol–water partition coefficient (Wildman–Crippen LogP) is 4.33. The molecule has 0 saturated carbocycles. The number of nitrogen functional groups attached to an aromatic ring is 1. The summed E-state index contributed by atoms with van der Waals surface area (Å²) in [5.41, 5.74) is 7.36. The Kier molecular flexibility index (Phi) is 5.31. The maximum Gasteiger partial charge on any atom is 0.416 e. The summed E-state index contributed by atoms with van der Waals surface area (Å²) >= 11 is 0. The Morgan fingerprint density at radius 2 is 1.93 bits per heavy atom. The number of hydrogen-bond donors (Lipinski definition) is 3. The van der Waals surface area contributed by atoms with Gasteiger partial charge in [-0.05, 0) is 36.1 Å². The van der Waals surface area contributed by atoms with Crippen LogP contribution in [0.25, 0.3) is 11.0 Å². The summed E-state index contributed by atoms with van der Waals surface area (Å²) in [6.45, 7) is 3.92. The molecule has 0 spiro atoms. The van der Waals surface area contributed by atoms with E-state index in [0.717, 1.165) is 6.07 Å². The zero-order chi connectivity index (χ0) is 20.5. The molecule has 0 radical (unpaired) electrons. The second-order valence-corrected chi connectivity index (χ2v) is 7.08. The van der Waals surface area contributed by atoms with Gasteiger partial charge in [0.05, 0.1) is 28.0 Å². The number of aromatic nitrogens is 2. The van der Waals surface area contributed by atoms with E-state index in [9.17, 15) is 18.0 Å². The van der Waals surface area contributed by atoms with Crippen LogP contribution in [-0.2, 0) is 19.1 Å². The standard InChI is InChI=1S/C20H21F3N4O/c1-11(2)7-18-19(28)27-16-8-14(24)15(9-17(16)26-18)25-10-12-5-3-4-6-13(12)20(21,22)23/h3-6,8-9,11,25H,7,10,24H2,1-2H3,(H,27,28). The lowest BCUT2D eigenvalue weighted by Gasteiger charge is -2.15. The van der Waals surface area contributed by atoms with Crippen molar-refractivity contribution in [2.24, 2.45) is 5.92 Å². The molecule has 0 aliphatic heterocycles. The lowest BCUT2D eigenvalue weighted by Crippen LogP contribution is -2.17. The number of benzene rings is 2. The van der Waals surface area contributed by atoms with Crippen LogP contribution in [-0.4, -0.2) is 9.97 Å². The molecule has 0 atom stereocenters. The van der Waals surface area contributed by atoms with E-state index in [1.807, 2.05) is 13.8 Å². The second kappa shape index (κ2) is 7.53. The maximum atomic E-state index is 13.2. The van der Waals surface area contributed by atoms with Crippen molar-refractivity contribution >= 4 is 22.4 Å². The number of nitrogens with zero attached hydrogens (tertiary/aromatic N) is 1. The molecule has 4 N–H and O–H groups in total. The minimum atomic E-state index is -4.43. The van der Waals surface area contributed by atoms with Gasteiger partial charge in [-0.15, -0.1) is 0 Å². The number of H-pyrrole nitrogens is 1. The highest BCUT2D eigenvalue weighted by atomic mass is 19.4. The molecular formula is C20H21F3N4O. The normalized spacial score (nSPS) is 11.9. The quantitative estimate of drug-likeness (QED) is 0.566. The highest BCUT2D eigenvalue weighted by Gasteiger charge is 2.32. The van der Waals surface area contributed by atoms with E-state index in [-0.39, 0.29) is 23.6 Å². The van der Waals surface area contributed by atoms with Gasteiger partial charge in [0.15, 0.2) is 0 Å². The molecule has 5 nitrogen and oxygen atoms in total. The zero-order valence-corrected chi connectivity index (χ0v) is 15.5. The van der Waals surface area contributed by atoms with E-state index in [4.69, 9.17) is 5.73 Å². The van der Waals surface area contributed by atoms with Crippen LogP contribution >= 0.6 is 0 Å². The third-order valence-electron chi connectivity index (χ3n) is 4.33. The molecule has 0 fully saturated rings. The molecule has 8 heteroatoms. The molecule has 3 rings (SSSR count). The average Bonchev–Trinajstić information content (AvgIpc) is 2.60. The van der Waals surface area contributed by atoms with Crippen LogP contribution in [0, 0.1) is 5.92 Å². The van der Waals surface area contributed by atoms with Crippen LogP contribution < -0.4 is 16.6 Å². The maximum absolute atomic E-state index is 13.2. The molecule has 148 valence electrons. The van der Waals surface area contributed by atoms with Crippen LogP contribution in [0.3, 0.4) is 0 Å². The fraction of sp³-hybridized carbons (Fsp3) is 0.300. The fourth-order valence-corrected chi connectivity index (χ4v) is 3.01. The van der Waals surface area contributed by atoms with Crippen LogP contribution in [0.1, 0.15) is 30.7 Å². The minimum Gasteiger partial charge on any atom is -0.397 e. The van der Waals surface area contributed by atoms with Crippen molar-refractivity contribution in [2.75, 3.05) is 11.1 Å². The first-order valence-corrected chi connectivity index (χ1v) is 8.86. The smallest absolute Gasteiger partial charge is 0.397 e. The summed E-state index contributed by atoms with van der Waals surface area (Å²) in [4.78, 5) is 19.3. The van der Waals surface area contributed by atoms with E-state index in [2.05, 4.69) is 15.3 Å². The molecule has 28 heavy (non-hydrogen) atoms. The number of nitrogens with two attached hydrogens (primary N) is 1. The first-order chi connectivity index (χ1) is 13.1. The van der Waals surface area contributed by atoms with Gasteiger partial charge in [0, 0.05) is 6.54 Å². The average molecular weight is 390 g/mol. The highest BCUT2D eigenvalue weighted by molar-refractivity contribution is 5.86. The molecule has 0 aliphatic carbocycles. The fourth-order valence-electron chi connectivity index (χ4n) is 3.01. The highest BCUT2D eigenvalue weighted by Crippen LogP contribution is 2.32. The van der Waals surface area contributed by atoms with Crippen LogP contribution in [0.2, 0.25) is 0 Å². The molecule has 0 amide bonds. The van der Waals surface area contributed by atoms with Gasteiger partial charge >= 0.3 is 6.18 Å². The lowest BCUT2D eigenvalue weighted by molar-refractivity contribution is -0.138. The van der Waals surface area contributed by atoms with Gasteiger partial charge in [-0.1, -0.05) is 32.0 Å². The molecular weight excluding hydrogens is 369 g/mol. The van der Waals surface area contributed by atoms with E-state index >= 15 is 0 Å². The third kappa shape index (κ3) is 4.27. The van der Waals surface area contributed by atoms with E-state index in [1.165, 1.54) is 12.1 Å². The van der Waals surface area contributed by atoms with E-state index in [0.29, 0.717) is 34.5 Å². The SMILES string of the molecule is CC(C)Cc1nc2cc(NCc3ccccc3C(F)(F)F)c(N)cc2[nH]c1=O. The van der Waals surface area contributed by atoms with Gasteiger partial charge in [0.2, 0.25) is 0 Å². The van der Waals surface area contributed by atoms with Gasteiger partial charge in [-0.2, -0.15) is 13.2 Å². The molecule has 2 aromatic carbocycles. The zero-order valence-electron chi connectivity index (χ0n) is 15.5. The van der Waals surface area contributed by atoms with Crippen LogP contribution in [0.5, 0.6) is 0 Å². The number of halogens is 3. The Bertz CT molecular complexity index is 1060. The van der Waals surface area contributed by atoms with Crippen molar-refractivity contribution in [1.29, 1.82) is 0 Å². The van der Waals surface area contributed by atoms with Crippen LogP contribution in [0.15, 0.2) is 41.2 Å². The molecule has 0 bridgehead atoms. The second-order valence-electron chi connectivity index (χ2n) is 7.08. The Balaban J connectivity index is 1.93. The number of rotatable bonds is 5. The summed E-state index contributed by atoms with van der Waals surface area (Å²) in [7, 11) is 0. The van der Waals surface area contributed by atoms with Crippen LogP contribution in [0.4, 0.5) is 24.5 Å². The molecule has 0 unspecified atom stereocenters. The number of alkyl halides is 3. The topological polar surface area (TPSA) is 83.8 Å². The van der Waals surface area contributed by atoms with Gasteiger partial charge in [-0.25, -0.2) is 4.98 Å². The van der Waals surface area contributed by atoms with Crippen molar-refractivity contribution in [1.82, 2.24) is 9.97 Å². The number of aromatic amines is 1. The van der Waals surface area contributed by atoms with Gasteiger partial charge < -0.3 is 16.0 Å². The lowest BCUT2D eigenvalue weighted by atomic mass is 10.1. The first kappa shape index (κ1) is 19.7. The Morgan fingerprint density at radius 1 is 1.21 bits per heavy atom. The summed E-state index contributed by atoms with van der Waals surface area (Å²) in [6.07, 6.45) is -3.91. The summed E-state index contributed by atoms with van der Waals surface area (Å²) in [5, 5.41) is 2.95. The van der Waals surface area contributed by atoms with Gasteiger partial charge in [-0.3, -0.25) is 4.79 Å². The summed E-state index contributed by atoms with van der Waals surface area (Å²) in [5.74, 6) is 0.260. The summed E-state index contributed by atoms with van der Waals surface area (Å²) in [6, 6.07) is 8.57. The molecule has 0 aliphatic rings. The monoisotopic (exact) mass is 390 g/mol. The largest absolute Gasteiger partial charge is 0.416 e. The van der Waals surface area contributed by atoms with E-state index in [1.54, 1.807) is 18.2 Å². The molecule has 1 aromatic heterocycles. The number of anilines is 2. The number of fused-ring (bicyclic) bond motifs is 1. The van der Waals surface area contributed by atoms with Crippen molar-refractivity contribution < 1.29 is 13.2 Å². The first-order valence-electron chi connectivity index (χ1n) is 8.86. The number of hydrogen-bond acceptors (Lipinski definition) is 4. The minimum absolute atomic E-state index is 0.0480. The number of nitrogens with one attached hydrogen (secondary N) is 2. The molecule has 1 heterocycles. The Hall–Kier alpha value is -3.03. The summed E-state index contributed by atoms with van der Waals surface area (Å²) < 4.78 is 39.5. The Morgan fingerprint density at radius 3 is 2.61 bits per heavy atom. The van der Waals surface area contributed by atoms with Crippen molar-refractivity contribution in [2.45, 2.75) is 33.0 Å². The van der Waals surface area contributed by atoms with Crippen molar-refractivity contribution in [3.8, 4) is 0 Å². The molecule has 0 saturated heterocycles. The van der Waals surface area contributed by atoms with Gasteiger partial charge in [0.1, 0.15) is 5.69 Å². The van der Waals surface area contributed by atoms with Crippen molar-refractivity contribution in [3.05, 3.63) is 63.6 Å². The Labute approximate surface area is 159 Å². The van der Waals surface area contributed by atoms with Gasteiger partial charge in [0.25, 0.3) is 5.56 Å². The van der Waals surface area contributed by atoms with Crippen molar-refractivity contribution in [3.63, 3.8) is 0 Å². The predicted molar refractivity (Wildman–Crippen MR) is 104 cm³/mol. The molecule has 3 aromatic rings.